The Morgan fingerprint density at radius 3 is 3.11 bits per heavy atom. The number of nitrogens with zero attached hydrogens (tertiary/aromatic N) is 2. The number of aliphatic hydroxyl groups is 1. The summed E-state index contributed by atoms with van der Waals surface area (Å²) < 4.78 is 0. The number of carbonyl (C=O) groups is 1. The van der Waals surface area contributed by atoms with Crippen molar-refractivity contribution in [2.75, 3.05) is 25.0 Å². The summed E-state index contributed by atoms with van der Waals surface area (Å²) in [4.78, 5) is 18.4. The Balaban J connectivity index is 1.52. The lowest BCUT2D eigenvalue weighted by atomic mass is 10.1. The molecule has 104 valence electrons. The molecule has 19 heavy (non-hydrogen) atoms. The molecule has 2 heterocycles. The molecule has 5 nitrogen and oxygen atoms in total. The van der Waals surface area contributed by atoms with Crippen molar-refractivity contribution in [2.24, 2.45) is 5.92 Å². The number of amides is 2. The van der Waals surface area contributed by atoms with Crippen molar-refractivity contribution in [1.82, 2.24) is 9.88 Å². The Morgan fingerprint density at radius 2 is 2.37 bits per heavy atom. The average Bonchev–Trinajstić information content (AvgIpc) is 2.96. The van der Waals surface area contributed by atoms with Crippen LogP contribution in [-0.2, 0) is 0 Å². The summed E-state index contributed by atoms with van der Waals surface area (Å²) >= 11 is 1.51. The SMILES string of the molecule is O=C(Nc1nc(C2CC2)cs1)N1CC[C@@H](CCO)C1. The molecule has 0 unspecified atom stereocenters. The van der Waals surface area contributed by atoms with Crippen LogP contribution < -0.4 is 5.32 Å². The topological polar surface area (TPSA) is 65.5 Å². The van der Waals surface area contributed by atoms with Gasteiger partial charge in [0.15, 0.2) is 5.13 Å². The zero-order chi connectivity index (χ0) is 13.2. The molecular weight excluding hydrogens is 262 g/mol. The van der Waals surface area contributed by atoms with Crippen LogP contribution in [0.4, 0.5) is 9.93 Å². The zero-order valence-corrected chi connectivity index (χ0v) is 11.7. The average molecular weight is 281 g/mol. The van der Waals surface area contributed by atoms with E-state index in [1.54, 1.807) is 0 Å². The molecule has 1 aromatic rings. The van der Waals surface area contributed by atoms with Gasteiger partial charge < -0.3 is 10.0 Å². The van der Waals surface area contributed by atoms with Crippen LogP contribution in [0.5, 0.6) is 0 Å². The highest BCUT2D eigenvalue weighted by Gasteiger charge is 2.28. The van der Waals surface area contributed by atoms with Gasteiger partial charge in [0.05, 0.1) is 5.69 Å². The first-order valence-corrected chi connectivity index (χ1v) is 7.76. The molecule has 2 N–H and O–H groups in total. The van der Waals surface area contributed by atoms with Crippen molar-refractivity contribution >= 4 is 22.5 Å². The van der Waals surface area contributed by atoms with Crippen molar-refractivity contribution in [1.29, 1.82) is 0 Å². The van der Waals surface area contributed by atoms with Crippen molar-refractivity contribution in [3.05, 3.63) is 11.1 Å². The van der Waals surface area contributed by atoms with Crippen LogP contribution in [0.2, 0.25) is 0 Å². The summed E-state index contributed by atoms with van der Waals surface area (Å²) in [7, 11) is 0. The molecule has 1 atom stereocenters. The lowest BCUT2D eigenvalue weighted by Crippen LogP contribution is -2.33. The van der Waals surface area contributed by atoms with E-state index in [0.717, 1.165) is 31.6 Å². The van der Waals surface area contributed by atoms with Crippen LogP contribution in [0.1, 0.15) is 37.3 Å². The largest absolute Gasteiger partial charge is 0.396 e. The van der Waals surface area contributed by atoms with E-state index in [1.165, 1.54) is 24.2 Å². The Kier molecular flexibility index (Phi) is 3.70. The van der Waals surface area contributed by atoms with Gasteiger partial charge in [-0.25, -0.2) is 9.78 Å². The second-order valence-electron chi connectivity index (χ2n) is 5.39. The van der Waals surface area contributed by atoms with Gasteiger partial charge in [0.1, 0.15) is 0 Å². The minimum atomic E-state index is -0.0582. The quantitative estimate of drug-likeness (QED) is 0.889. The third-order valence-electron chi connectivity index (χ3n) is 3.84. The monoisotopic (exact) mass is 281 g/mol. The molecule has 2 fully saturated rings. The van der Waals surface area contributed by atoms with E-state index in [-0.39, 0.29) is 12.6 Å². The number of likely N-dealkylation sites (tertiary alicyclic amines) is 1. The molecule has 2 aliphatic rings. The molecular formula is C13H19N3O2S. The van der Waals surface area contributed by atoms with Crippen LogP contribution in [0.15, 0.2) is 5.38 Å². The maximum atomic E-state index is 12.1. The molecule has 0 aromatic carbocycles. The summed E-state index contributed by atoms with van der Waals surface area (Å²) in [6.45, 7) is 1.72. The van der Waals surface area contributed by atoms with Crippen LogP contribution in [0, 0.1) is 5.92 Å². The molecule has 1 saturated carbocycles. The zero-order valence-electron chi connectivity index (χ0n) is 10.8. The van der Waals surface area contributed by atoms with E-state index in [4.69, 9.17) is 5.11 Å². The Hall–Kier alpha value is -1.14. The minimum absolute atomic E-state index is 0.0582. The first-order chi connectivity index (χ1) is 9.26. The van der Waals surface area contributed by atoms with Gasteiger partial charge in [0.2, 0.25) is 0 Å². The Labute approximate surface area is 116 Å². The maximum absolute atomic E-state index is 12.1. The standard InChI is InChI=1S/C13H19N3O2S/c17-6-4-9-3-5-16(7-9)13(18)15-12-14-11(8-19-12)10-1-2-10/h8-10,17H,1-7H2,(H,14,15,18)/t9-/m0/s1. The summed E-state index contributed by atoms with van der Waals surface area (Å²) in [6, 6.07) is -0.0582. The fourth-order valence-electron chi connectivity index (χ4n) is 2.52. The molecule has 0 radical (unpaired) electrons. The summed E-state index contributed by atoms with van der Waals surface area (Å²) in [5.41, 5.74) is 1.12. The lowest BCUT2D eigenvalue weighted by Gasteiger charge is -2.16. The van der Waals surface area contributed by atoms with E-state index < -0.39 is 0 Å². The first-order valence-electron chi connectivity index (χ1n) is 6.88. The van der Waals surface area contributed by atoms with Crippen LogP contribution in [0.3, 0.4) is 0 Å². The molecule has 2 amide bonds. The number of hydrogen-bond acceptors (Lipinski definition) is 4. The molecule has 1 aliphatic heterocycles. The lowest BCUT2D eigenvalue weighted by molar-refractivity contribution is 0.217. The number of thiazole rings is 1. The van der Waals surface area contributed by atoms with Gasteiger partial charge in [-0.05, 0) is 31.6 Å². The summed E-state index contributed by atoms with van der Waals surface area (Å²) in [5, 5.41) is 14.6. The number of carbonyl (C=O) groups excluding carboxylic acids is 1. The van der Waals surface area contributed by atoms with E-state index in [1.807, 2.05) is 10.3 Å². The smallest absolute Gasteiger partial charge is 0.323 e. The van der Waals surface area contributed by atoms with Crippen LogP contribution in [0.25, 0.3) is 0 Å². The van der Waals surface area contributed by atoms with E-state index >= 15 is 0 Å². The highest BCUT2D eigenvalue weighted by molar-refractivity contribution is 7.13. The third kappa shape index (κ3) is 3.06. The number of nitrogens with one attached hydrogen (secondary N) is 1. The normalized spacial score (nSPS) is 22.8. The third-order valence-corrected chi connectivity index (χ3v) is 4.62. The van der Waals surface area contributed by atoms with Gasteiger partial charge in [0, 0.05) is 31.0 Å². The van der Waals surface area contributed by atoms with Crippen LogP contribution >= 0.6 is 11.3 Å². The number of aliphatic hydroxyl groups excluding tert-OH is 1. The molecule has 1 aromatic heterocycles. The molecule has 0 bridgehead atoms. The van der Waals surface area contributed by atoms with Crippen molar-refractivity contribution in [3.63, 3.8) is 0 Å². The Morgan fingerprint density at radius 1 is 1.53 bits per heavy atom. The highest BCUT2D eigenvalue weighted by Crippen LogP contribution is 2.40. The first kappa shape index (κ1) is 12.9. The fraction of sp³-hybridized carbons (Fsp3) is 0.692. The number of aromatic nitrogens is 1. The van der Waals surface area contributed by atoms with E-state index in [0.29, 0.717) is 17.0 Å². The maximum Gasteiger partial charge on any atom is 0.323 e. The second-order valence-corrected chi connectivity index (χ2v) is 6.25. The molecule has 1 aliphatic carbocycles. The van der Waals surface area contributed by atoms with E-state index in [2.05, 4.69) is 10.3 Å². The van der Waals surface area contributed by atoms with Crippen molar-refractivity contribution < 1.29 is 9.90 Å². The predicted molar refractivity (Wildman–Crippen MR) is 74.5 cm³/mol. The van der Waals surface area contributed by atoms with Gasteiger partial charge in [-0.2, -0.15) is 0 Å². The summed E-state index contributed by atoms with van der Waals surface area (Å²) in [5.74, 6) is 1.07. The molecule has 3 rings (SSSR count). The molecule has 1 saturated heterocycles. The van der Waals surface area contributed by atoms with Gasteiger partial charge in [-0.1, -0.05) is 0 Å². The van der Waals surface area contributed by atoms with E-state index in [9.17, 15) is 4.79 Å². The van der Waals surface area contributed by atoms with Gasteiger partial charge in [0.25, 0.3) is 0 Å². The van der Waals surface area contributed by atoms with Gasteiger partial charge in [-0.3, -0.25) is 5.32 Å². The van der Waals surface area contributed by atoms with Gasteiger partial charge in [-0.15, -0.1) is 11.3 Å². The highest BCUT2D eigenvalue weighted by atomic mass is 32.1. The number of urea groups is 1. The number of rotatable bonds is 4. The van der Waals surface area contributed by atoms with Gasteiger partial charge >= 0.3 is 6.03 Å². The fourth-order valence-corrected chi connectivity index (χ4v) is 3.30. The number of anilines is 1. The van der Waals surface area contributed by atoms with Crippen LogP contribution in [-0.4, -0.2) is 40.7 Å². The van der Waals surface area contributed by atoms with Crippen molar-refractivity contribution in [3.8, 4) is 0 Å². The Bertz CT molecular complexity index is 458. The molecule has 6 heteroatoms. The predicted octanol–water partition coefficient (Wildman–Crippen LogP) is 2.26. The molecule has 0 spiro atoms. The minimum Gasteiger partial charge on any atom is -0.396 e. The second kappa shape index (κ2) is 5.46. The number of hydrogen-bond donors (Lipinski definition) is 2. The summed E-state index contributed by atoms with van der Waals surface area (Å²) in [6.07, 6.45) is 4.23. The van der Waals surface area contributed by atoms with Crippen molar-refractivity contribution in [2.45, 2.75) is 31.6 Å².